The highest BCUT2D eigenvalue weighted by molar-refractivity contribution is 6.03. The molecule has 29 heavy (non-hydrogen) atoms. The molecule has 1 amide bonds. The molecule has 0 unspecified atom stereocenters. The van der Waals surface area contributed by atoms with Crippen molar-refractivity contribution in [2.45, 2.75) is 13.3 Å². The van der Waals surface area contributed by atoms with Gasteiger partial charge in [0.15, 0.2) is 0 Å². The van der Waals surface area contributed by atoms with E-state index in [2.05, 4.69) is 20.6 Å². The molecule has 1 heterocycles. The number of halogens is 2. The van der Waals surface area contributed by atoms with Crippen LogP contribution in [0.15, 0.2) is 48.5 Å². The Morgan fingerprint density at radius 3 is 2.69 bits per heavy atom. The lowest BCUT2D eigenvalue weighted by molar-refractivity contribution is 0.102. The van der Waals surface area contributed by atoms with Gasteiger partial charge in [-0.2, -0.15) is 0 Å². The molecule has 2 N–H and O–H groups in total. The molecular formula is C21H20F2N4O2. The predicted molar refractivity (Wildman–Crippen MR) is 106 cm³/mol. The van der Waals surface area contributed by atoms with Crippen LogP contribution in [0.1, 0.15) is 21.7 Å². The molecule has 6 nitrogen and oxygen atoms in total. The van der Waals surface area contributed by atoms with Crippen molar-refractivity contribution >= 4 is 17.5 Å². The first-order chi connectivity index (χ1) is 13.9. The molecule has 0 aliphatic carbocycles. The first-order valence-corrected chi connectivity index (χ1v) is 8.93. The van der Waals surface area contributed by atoms with E-state index in [9.17, 15) is 13.6 Å². The van der Waals surface area contributed by atoms with Gasteiger partial charge in [-0.1, -0.05) is 12.1 Å². The topological polar surface area (TPSA) is 76.1 Å². The number of ether oxygens (including phenoxy) is 1. The second kappa shape index (κ2) is 9.09. The van der Waals surface area contributed by atoms with E-state index < -0.39 is 17.5 Å². The molecule has 0 aliphatic rings. The minimum absolute atomic E-state index is 0.0742. The third-order valence-electron chi connectivity index (χ3n) is 4.10. The van der Waals surface area contributed by atoms with Gasteiger partial charge < -0.3 is 15.4 Å². The minimum Gasteiger partial charge on any atom is -0.497 e. The van der Waals surface area contributed by atoms with Crippen molar-refractivity contribution in [1.82, 2.24) is 9.97 Å². The smallest absolute Gasteiger partial charge is 0.274 e. The van der Waals surface area contributed by atoms with Crippen molar-refractivity contribution < 1.29 is 18.3 Å². The van der Waals surface area contributed by atoms with E-state index in [1.165, 1.54) is 6.07 Å². The molecule has 0 spiro atoms. The number of nitrogens with one attached hydrogen (secondary N) is 2. The molecule has 0 saturated heterocycles. The number of aromatic nitrogens is 2. The number of carbonyl (C=O) groups is 1. The van der Waals surface area contributed by atoms with Crippen molar-refractivity contribution in [2.24, 2.45) is 0 Å². The van der Waals surface area contributed by atoms with E-state index in [1.807, 2.05) is 24.3 Å². The maximum atomic E-state index is 13.8. The summed E-state index contributed by atoms with van der Waals surface area (Å²) in [6.07, 6.45) is 0.705. The molecule has 0 atom stereocenters. The van der Waals surface area contributed by atoms with Crippen LogP contribution in [0.5, 0.6) is 5.75 Å². The summed E-state index contributed by atoms with van der Waals surface area (Å²) >= 11 is 0. The second-order valence-electron chi connectivity index (χ2n) is 6.32. The summed E-state index contributed by atoms with van der Waals surface area (Å²) in [5, 5.41) is 5.47. The van der Waals surface area contributed by atoms with Crippen LogP contribution in [0, 0.1) is 18.6 Å². The Morgan fingerprint density at radius 1 is 1.10 bits per heavy atom. The van der Waals surface area contributed by atoms with Gasteiger partial charge in [0.1, 0.15) is 23.1 Å². The van der Waals surface area contributed by atoms with Gasteiger partial charge in [-0.05, 0) is 49.2 Å². The monoisotopic (exact) mass is 398 g/mol. The fourth-order valence-electron chi connectivity index (χ4n) is 2.69. The zero-order valence-corrected chi connectivity index (χ0v) is 16.0. The van der Waals surface area contributed by atoms with E-state index in [4.69, 9.17) is 4.74 Å². The Bertz CT molecular complexity index is 1030. The van der Waals surface area contributed by atoms with Crippen LogP contribution in [0.2, 0.25) is 0 Å². The number of rotatable bonds is 7. The van der Waals surface area contributed by atoms with Crippen molar-refractivity contribution in [2.75, 3.05) is 24.3 Å². The molecule has 150 valence electrons. The van der Waals surface area contributed by atoms with E-state index in [0.29, 0.717) is 24.7 Å². The fraction of sp³-hybridized carbons (Fsp3) is 0.190. The number of methoxy groups -OCH3 is 1. The highest BCUT2D eigenvalue weighted by Gasteiger charge is 2.13. The van der Waals surface area contributed by atoms with E-state index in [0.717, 1.165) is 23.4 Å². The van der Waals surface area contributed by atoms with Crippen LogP contribution >= 0.6 is 0 Å². The molecule has 0 aliphatic heterocycles. The lowest BCUT2D eigenvalue weighted by Gasteiger charge is -2.10. The van der Waals surface area contributed by atoms with Gasteiger partial charge in [-0.3, -0.25) is 4.79 Å². The van der Waals surface area contributed by atoms with Gasteiger partial charge in [0.25, 0.3) is 5.91 Å². The normalized spacial score (nSPS) is 10.5. The Morgan fingerprint density at radius 2 is 1.93 bits per heavy atom. The first kappa shape index (κ1) is 20.2. The standard InChI is InChI=1S/C21H20F2N4O2/c1-13-10-19(20(28)26-18-7-6-15(22)12-17(18)23)27-21(25-13)24-9-8-14-4-3-5-16(11-14)29-2/h3-7,10-12H,8-9H2,1-2H3,(H,26,28)(H,24,25,27). The van der Waals surface area contributed by atoms with E-state index >= 15 is 0 Å². The quantitative estimate of drug-likeness (QED) is 0.630. The van der Waals surface area contributed by atoms with Crippen LogP contribution < -0.4 is 15.4 Å². The van der Waals surface area contributed by atoms with Gasteiger partial charge in [0, 0.05) is 18.3 Å². The average molecular weight is 398 g/mol. The van der Waals surface area contributed by atoms with Crippen LogP contribution in [-0.4, -0.2) is 29.5 Å². The number of hydrogen-bond acceptors (Lipinski definition) is 5. The van der Waals surface area contributed by atoms with Gasteiger partial charge in [-0.25, -0.2) is 18.7 Å². The molecule has 8 heteroatoms. The van der Waals surface area contributed by atoms with Crippen LogP contribution in [0.25, 0.3) is 0 Å². The van der Waals surface area contributed by atoms with Crippen LogP contribution in [0.4, 0.5) is 20.4 Å². The van der Waals surface area contributed by atoms with E-state index in [-0.39, 0.29) is 17.3 Å². The summed E-state index contributed by atoms with van der Waals surface area (Å²) in [6, 6.07) is 12.1. The van der Waals surface area contributed by atoms with E-state index in [1.54, 1.807) is 14.0 Å². The average Bonchev–Trinajstić information content (AvgIpc) is 2.70. The van der Waals surface area contributed by atoms with Crippen LogP contribution in [0.3, 0.4) is 0 Å². The number of anilines is 2. The van der Waals surface area contributed by atoms with Gasteiger partial charge >= 0.3 is 0 Å². The number of carbonyl (C=O) groups excluding carboxylic acids is 1. The summed E-state index contributed by atoms with van der Waals surface area (Å²) < 4.78 is 32.0. The van der Waals surface area contributed by atoms with Gasteiger partial charge in [0.2, 0.25) is 5.95 Å². The van der Waals surface area contributed by atoms with Gasteiger partial charge in [-0.15, -0.1) is 0 Å². The number of hydrogen-bond donors (Lipinski definition) is 2. The van der Waals surface area contributed by atoms with Crippen molar-refractivity contribution in [3.05, 3.63) is 77.1 Å². The zero-order chi connectivity index (χ0) is 20.8. The summed E-state index contributed by atoms with van der Waals surface area (Å²) in [5.41, 5.74) is 1.60. The first-order valence-electron chi connectivity index (χ1n) is 8.93. The Balaban J connectivity index is 1.66. The van der Waals surface area contributed by atoms with Crippen LogP contribution in [-0.2, 0) is 6.42 Å². The highest BCUT2D eigenvalue weighted by Crippen LogP contribution is 2.17. The lowest BCUT2D eigenvalue weighted by atomic mass is 10.1. The fourth-order valence-corrected chi connectivity index (χ4v) is 2.69. The summed E-state index contributed by atoms with van der Waals surface area (Å²) in [7, 11) is 1.61. The Hall–Kier alpha value is -3.55. The molecule has 3 rings (SSSR count). The third-order valence-corrected chi connectivity index (χ3v) is 4.10. The minimum atomic E-state index is -0.860. The second-order valence-corrected chi connectivity index (χ2v) is 6.32. The van der Waals surface area contributed by atoms with Crippen molar-refractivity contribution in [3.8, 4) is 5.75 Å². The third kappa shape index (κ3) is 5.47. The molecule has 0 fully saturated rings. The SMILES string of the molecule is COc1cccc(CCNc2nc(C)cc(C(=O)Nc3ccc(F)cc3F)n2)c1. The molecular weight excluding hydrogens is 378 g/mol. The number of benzene rings is 2. The molecule has 2 aromatic carbocycles. The lowest BCUT2D eigenvalue weighted by Crippen LogP contribution is -2.17. The van der Waals surface area contributed by atoms with Crippen molar-refractivity contribution in [1.29, 1.82) is 0 Å². The maximum Gasteiger partial charge on any atom is 0.274 e. The molecule has 0 radical (unpaired) electrons. The summed E-state index contributed by atoms with van der Waals surface area (Å²) in [4.78, 5) is 20.9. The molecule has 0 bridgehead atoms. The Kier molecular flexibility index (Phi) is 6.33. The van der Waals surface area contributed by atoms with Crippen molar-refractivity contribution in [3.63, 3.8) is 0 Å². The molecule has 0 saturated carbocycles. The highest BCUT2D eigenvalue weighted by atomic mass is 19.1. The predicted octanol–water partition coefficient (Wildman–Crippen LogP) is 3.98. The van der Waals surface area contributed by atoms with Gasteiger partial charge in [0.05, 0.1) is 12.8 Å². The number of nitrogens with zero attached hydrogens (tertiary/aromatic N) is 2. The summed E-state index contributed by atoms with van der Waals surface area (Å²) in [6.45, 7) is 2.27. The number of amides is 1. The molecule has 1 aromatic heterocycles. The summed E-state index contributed by atoms with van der Waals surface area (Å²) in [5.74, 6) is -1.13. The molecule has 3 aromatic rings. The zero-order valence-electron chi connectivity index (χ0n) is 16.0. The maximum absolute atomic E-state index is 13.8. The number of aryl methyl sites for hydroxylation is 1. The Labute approximate surface area is 167 Å². The largest absolute Gasteiger partial charge is 0.497 e.